The molecule has 1 heterocycles. The summed E-state index contributed by atoms with van der Waals surface area (Å²) in [4.78, 5) is 24.3. The Morgan fingerprint density at radius 3 is 2.31 bits per heavy atom. The molecular formula is C17H25N7O3S2. The van der Waals surface area contributed by atoms with Gasteiger partial charge >= 0.3 is 0 Å². The lowest BCUT2D eigenvalue weighted by Gasteiger charge is -2.20. The van der Waals surface area contributed by atoms with Crippen LogP contribution in [-0.2, 0) is 14.8 Å². The van der Waals surface area contributed by atoms with Crippen LogP contribution in [0, 0.1) is 6.92 Å². The average Bonchev–Trinajstić information content (AvgIpc) is 2.63. The Morgan fingerprint density at radius 2 is 1.76 bits per heavy atom. The molecule has 0 spiro atoms. The zero-order chi connectivity index (χ0) is 21.8. The van der Waals surface area contributed by atoms with E-state index in [0.29, 0.717) is 24.3 Å². The molecule has 12 heteroatoms. The fraction of sp³-hybridized carbons (Fsp3) is 0.412. The number of carbonyl (C=O) groups excluding carboxylic acids is 1. The van der Waals surface area contributed by atoms with E-state index in [0.717, 1.165) is 11.8 Å². The van der Waals surface area contributed by atoms with Crippen LogP contribution in [0.3, 0.4) is 0 Å². The van der Waals surface area contributed by atoms with Gasteiger partial charge in [-0.15, -0.1) is 0 Å². The maximum absolute atomic E-state index is 12.9. The number of nitrogen functional groups attached to an aromatic ring is 2. The Hall–Kier alpha value is -2.44. The number of anilines is 3. The number of hydrogen-bond acceptors (Lipinski definition) is 9. The Morgan fingerprint density at radius 1 is 1.17 bits per heavy atom. The zero-order valence-corrected chi connectivity index (χ0v) is 18.3. The lowest BCUT2D eigenvalue weighted by atomic mass is 10.2. The summed E-state index contributed by atoms with van der Waals surface area (Å²) in [5.74, 6) is -0.405. The normalized spacial score (nSPS) is 12.7. The van der Waals surface area contributed by atoms with Crippen LogP contribution >= 0.6 is 11.8 Å². The van der Waals surface area contributed by atoms with Gasteiger partial charge in [-0.1, -0.05) is 31.7 Å². The Kier molecular flexibility index (Phi) is 7.38. The van der Waals surface area contributed by atoms with Gasteiger partial charge in [-0.3, -0.25) is 4.79 Å². The number of nitrogens with one attached hydrogen (secondary N) is 1. The molecule has 0 saturated heterocycles. The van der Waals surface area contributed by atoms with Crippen LogP contribution in [0.15, 0.2) is 28.3 Å². The molecule has 1 aromatic heterocycles. The first kappa shape index (κ1) is 22.8. The van der Waals surface area contributed by atoms with E-state index in [1.165, 1.54) is 10.4 Å². The van der Waals surface area contributed by atoms with E-state index in [4.69, 9.17) is 11.5 Å². The highest BCUT2D eigenvalue weighted by molar-refractivity contribution is 8.00. The number of nitrogens with zero attached hydrogens (tertiary/aromatic N) is 4. The number of hydrogen-bond donors (Lipinski definition) is 3. The van der Waals surface area contributed by atoms with Crippen molar-refractivity contribution in [3.8, 4) is 0 Å². The fourth-order valence-corrected chi connectivity index (χ4v) is 5.04. The maximum Gasteiger partial charge on any atom is 0.243 e. The molecule has 0 bridgehead atoms. The molecule has 1 aromatic carbocycles. The van der Waals surface area contributed by atoms with Crippen molar-refractivity contribution >= 4 is 45.3 Å². The van der Waals surface area contributed by atoms with Crippen molar-refractivity contribution in [2.45, 2.75) is 43.0 Å². The smallest absolute Gasteiger partial charge is 0.243 e. The van der Waals surface area contributed by atoms with Gasteiger partial charge in [0, 0.05) is 18.8 Å². The maximum atomic E-state index is 12.9. The topological polar surface area (TPSA) is 157 Å². The molecule has 2 aromatic rings. The van der Waals surface area contributed by atoms with Crippen molar-refractivity contribution in [3.63, 3.8) is 0 Å². The van der Waals surface area contributed by atoms with Crippen LogP contribution < -0.4 is 16.8 Å². The van der Waals surface area contributed by atoms with Crippen molar-refractivity contribution in [3.05, 3.63) is 23.8 Å². The predicted molar refractivity (Wildman–Crippen MR) is 114 cm³/mol. The van der Waals surface area contributed by atoms with E-state index in [9.17, 15) is 13.2 Å². The first-order chi connectivity index (χ1) is 13.6. The second-order valence-corrected chi connectivity index (χ2v) is 9.37. The zero-order valence-electron chi connectivity index (χ0n) is 16.7. The first-order valence-corrected chi connectivity index (χ1v) is 11.3. The molecule has 158 valence electrons. The van der Waals surface area contributed by atoms with E-state index in [1.807, 2.05) is 0 Å². The van der Waals surface area contributed by atoms with E-state index >= 15 is 0 Å². The van der Waals surface area contributed by atoms with Gasteiger partial charge < -0.3 is 16.8 Å². The molecular weight excluding hydrogens is 414 g/mol. The minimum absolute atomic E-state index is 0.0302. The summed E-state index contributed by atoms with van der Waals surface area (Å²) in [6.45, 7) is 7.67. The Bertz CT molecular complexity index is 974. The summed E-state index contributed by atoms with van der Waals surface area (Å²) in [6.07, 6.45) is 0. The monoisotopic (exact) mass is 439 g/mol. The number of aromatic nitrogens is 3. The molecule has 0 unspecified atom stereocenters. The van der Waals surface area contributed by atoms with Crippen LogP contribution in [0.2, 0.25) is 0 Å². The molecule has 29 heavy (non-hydrogen) atoms. The summed E-state index contributed by atoms with van der Waals surface area (Å²) in [6, 6.07) is 4.79. The van der Waals surface area contributed by atoms with Crippen LogP contribution in [0.4, 0.5) is 17.6 Å². The van der Waals surface area contributed by atoms with Crippen LogP contribution in [0.25, 0.3) is 0 Å². The number of benzene rings is 1. The van der Waals surface area contributed by atoms with Crippen LogP contribution in [0.1, 0.15) is 26.3 Å². The Balaban J connectivity index is 2.20. The summed E-state index contributed by atoms with van der Waals surface area (Å²) in [5.41, 5.74) is 12.1. The number of carbonyl (C=O) groups is 1. The number of amides is 1. The highest BCUT2D eigenvalue weighted by Crippen LogP contribution is 2.25. The van der Waals surface area contributed by atoms with Crippen LogP contribution in [0.5, 0.6) is 0 Å². The van der Waals surface area contributed by atoms with Gasteiger partial charge in [-0.2, -0.15) is 19.3 Å². The summed E-state index contributed by atoms with van der Waals surface area (Å²) in [7, 11) is -3.65. The third kappa shape index (κ3) is 5.55. The molecule has 1 amide bonds. The third-order valence-corrected chi connectivity index (χ3v) is 7.23. The summed E-state index contributed by atoms with van der Waals surface area (Å²) in [5, 5.41) is 2.37. The molecule has 5 N–H and O–H groups in total. The number of aryl methyl sites for hydroxylation is 1. The lowest BCUT2D eigenvalue weighted by molar-refractivity contribution is -0.115. The van der Waals surface area contributed by atoms with E-state index in [-0.39, 0.29) is 27.9 Å². The molecule has 1 atom stereocenters. The van der Waals surface area contributed by atoms with E-state index < -0.39 is 15.3 Å². The third-order valence-electron chi connectivity index (χ3n) is 4.08. The summed E-state index contributed by atoms with van der Waals surface area (Å²) < 4.78 is 27.1. The molecule has 0 aliphatic rings. The number of sulfonamides is 1. The van der Waals surface area contributed by atoms with Gasteiger partial charge in [0.15, 0.2) is 5.16 Å². The largest absolute Gasteiger partial charge is 0.368 e. The van der Waals surface area contributed by atoms with Gasteiger partial charge in [-0.05, 0) is 31.5 Å². The standard InChI is InChI=1S/C17H25N7O3S2/c1-5-24(6-2)29(26,27)13-9-12(8-7-10(13)3)20-14(25)11(4)28-17-22-15(18)21-16(19)23-17/h7-9,11H,5-6H2,1-4H3,(H,20,25)(H4,18,19,21,22,23)/t11-/m1/s1. The predicted octanol–water partition coefficient (Wildman–Crippen LogP) is 1.49. The van der Waals surface area contributed by atoms with Crippen LogP contribution in [-0.4, -0.2) is 51.9 Å². The van der Waals surface area contributed by atoms with Crippen molar-refractivity contribution in [1.82, 2.24) is 19.3 Å². The van der Waals surface area contributed by atoms with Gasteiger partial charge in [0.1, 0.15) is 0 Å². The molecule has 0 fully saturated rings. The molecule has 0 radical (unpaired) electrons. The summed E-state index contributed by atoms with van der Waals surface area (Å²) >= 11 is 1.06. The molecule has 10 nitrogen and oxygen atoms in total. The van der Waals surface area contributed by atoms with Gasteiger partial charge in [0.25, 0.3) is 0 Å². The van der Waals surface area contributed by atoms with Gasteiger partial charge in [0.05, 0.1) is 10.1 Å². The van der Waals surface area contributed by atoms with Gasteiger partial charge in [-0.25, -0.2) is 8.42 Å². The number of thioether (sulfide) groups is 1. The van der Waals surface area contributed by atoms with Crippen molar-refractivity contribution in [2.24, 2.45) is 0 Å². The lowest BCUT2D eigenvalue weighted by Crippen LogP contribution is -2.31. The molecule has 0 aliphatic heterocycles. The molecule has 2 rings (SSSR count). The Labute approximate surface area is 174 Å². The first-order valence-electron chi connectivity index (χ1n) is 8.93. The fourth-order valence-electron chi connectivity index (χ4n) is 2.55. The second kappa shape index (κ2) is 9.37. The van der Waals surface area contributed by atoms with E-state index in [2.05, 4.69) is 20.3 Å². The molecule has 0 aliphatic carbocycles. The average molecular weight is 440 g/mol. The highest BCUT2D eigenvalue weighted by Gasteiger charge is 2.24. The minimum atomic E-state index is -3.65. The quantitative estimate of drug-likeness (QED) is 0.518. The van der Waals surface area contributed by atoms with Crippen molar-refractivity contribution < 1.29 is 13.2 Å². The van der Waals surface area contributed by atoms with Crippen molar-refractivity contribution in [2.75, 3.05) is 29.9 Å². The molecule has 0 saturated carbocycles. The number of rotatable bonds is 8. The number of nitrogens with two attached hydrogens (primary N) is 2. The second-order valence-electron chi connectivity index (χ2n) is 6.15. The SMILES string of the molecule is CCN(CC)S(=O)(=O)c1cc(NC(=O)[C@@H](C)Sc2nc(N)nc(N)n2)ccc1C. The minimum Gasteiger partial charge on any atom is -0.368 e. The van der Waals surface area contributed by atoms with Crippen molar-refractivity contribution in [1.29, 1.82) is 0 Å². The van der Waals surface area contributed by atoms with Gasteiger partial charge in [0.2, 0.25) is 27.8 Å². The van der Waals surface area contributed by atoms with E-state index in [1.54, 1.807) is 39.8 Å². The highest BCUT2D eigenvalue weighted by atomic mass is 32.2.